The van der Waals surface area contributed by atoms with Crippen molar-refractivity contribution in [2.75, 3.05) is 14.2 Å². The summed E-state index contributed by atoms with van der Waals surface area (Å²) >= 11 is 1.34. The molecule has 0 amide bonds. The van der Waals surface area contributed by atoms with Crippen LogP contribution >= 0.6 is 11.8 Å². The number of rotatable bonds is 6. The predicted octanol–water partition coefficient (Wildman–Crippen LogP) is 2.63. The highest BCUT2D eigenvalue weighted by atomic mass is 32.2. The summed E-state index contributed by atoms with van der Waals surface area (Å²) < 4.78 is 11.9. The van der Waals surface area contributed by atoms with Crippen LogP contribution in [0.5, 0.6) is 5.75 Å². The van der Waals surface area contributed by atoms with Crippen LogP contribution in [-0.2, 0) is 16.1 Å². The van der Waals surface area contributed by atoms with E-state index in [-0.39, 0.29) is 11.2 Å². The molecule has 1 atom stereocenters. The van der Waals surface area contributed by atoms with Crippen LogP contribution in [0.4, 0.5) is 0 Å². The predicted molar refractivity (Wildman–Crippen MR) is 85.0 cm³/mol. The molecule has 2 rings (SSSR count). The van der Waals surface area contributed by atoms with E-state index in [9.17, 15) is 4.79 Å². The van der Waals surface area contributed by atoms with Gasteiger partial charge in [0, 0.05) is 12.1 Å². The van der Waals surface area contributed by atoms with Crippen LogP contribution in [0, 0.1) is 0 Å². The summed E-state index contributed by atoms with van der Waals surface area (Å²) in [5.74, 6) is 1.28. The molecule has 0 radical (unpaired) electrons. The van der Waals surface area contributed by atoms with Crippen molar-refractivity contribution in [3.63, 3.8) is 0 Å². The van der Waals surface area contributed by atoms with Gasteiger partial charge >= 0.3 is 5.97 Å². The van der Waals surface area contributed by atoms with Gasteiger partial charge in [0.1, 0.15) is 11.0 Å². The van der Waals surface area contributed by atoms with Crippen LogP contribution in [-0.4, -0.2) is 40.2 Å². The summed E-state index contributed by atoms with van der Waals surface area (Å²) in [6.07, 6.45) is 0. The second-order valence-corrected chi connectivity index (χ2v) is 5.87. The third-order valence-electron chi connectivity index (χ3n) is 3.20. The second-order valence-electron chi connectivity index (χ2n) is 4.56. The molecule has 6 nitrogen and oxygen atoms in total. The standard InChI is InChI=1S/C15H19N3O3S/c1-5-18-13(11-6-8-12(20-3)9-7-11)16-17-15(18)22-10(2)14(19)21-4/h6-10H,5H2,1-4H3/t10-/m0/s1. The molecule has 0 aliphatic heterocycles. The number of aromatic nitrogens is 3. The zero-order chi connectivity index (χ0) is 16.1. The Morgan fingerprint density at radius 2 is 1.95 bits per heavy atom. The van der Waals surface area contributed by atoms with Gasteiger partial charge in [-0.05, 0) is 38.1 Å². The van der Waals surface area contributed by atoms with Crippen LogP contribution in [0.25, 0.3) is 11.4 Å². The number of methoxy groups -OCH3 is 2. The van der Waals surface area contributed by atoms with E-state index in [4.69, 9.17) is 9.47 Å². The SMILES string of the molecule is CCn1c(S[C@@H](C)C(=O)OC)nnc1-c1ccc(OC)cc1. The van der Waals surface area contributed by atoms with Crippen molar-refractivity contribution < 1.29 is 14.3 Å². The highest BCUT2D eigenvalue weighted by Crippen LogP contribution is 2.28. The molecular formula is C15H19N3O3S. The average molecular weight is 321 g/mol. The molecule has 0 aliphatic rings. The van der Waals surface area contributed by atoms with Gasteiger partial charge in [0.15, 0.2) is 11.0 Å². The molecule has 0 N–H and O–H groups in total. The van der Waals surface area contributed by atoms with Gasteiger partial charge in [0.2, 0.25) is 0 Å². The minimum Gasteiger partial charge on any atom is -0.497 e. The van der Waals surface area contributed by atoms with E-state index in [1.165, 1.54) is 18.9 Å². The summed E-state index contributed by atoms with van der Waals surface area (Å²) in [6.45, 7) is 4.52. The Kier molecular flexibility index (Phi) is 5.43. The van der Waals surface area contributed by atoms with Gasteiger partial charge in [-0.25, -0.2) is 0 Å². The van der Waals surface area contributed by atoms with Gasteiger partial charge in [-0.3, -0.25) is 4.79 Å². The first kappa shape index (κ1) is 16.4. The Morgan fingerprint density at radius 1 is 1.27 bits per heavy atom. The molecule has 0 saturated heterocycles. The molecule has 1 aromatic carbocycles. The number of carbonyl (C=O) groups is 1. The normalized spacial score (nSPS) is 12.0. The molecule has 0 spiro atoms. The number of nitrogens with zero attached hydrogens (tertiary/aromatic N) is 3. The quantitative estimate of drug-likeness (QED) is 0.602. The molecule has 22 heavy (non-hydrogen) atoms. The fourth-order valence-electron chi connectivity index (χ4n) is 1.99. The molecule has 2 aromatic rings. The Hall–Kier alpha value is -2.02. The molecule has 0 unspecified atom stereocenters. The topological polar surface area (TPSA) is 66.2 Å². The summed E-state index contributed by atoms with van der Waals surface area (Å²) in [5, 5.41) is 8.82. The monoisotopic (exact) mass is 321 g/mol. The largest absolute Gasteiger partial charge is 0.497 e. The van der Waals surface area contributed by atoms with Crippen molar-refractivity contribution in [1.29, 1.82) is 0 Å². The summed E-state index contributed by atoms with van der Waals surface area (Å²) in [7, 11) is 3.01. The second kappa shape index (κ2) is 7.31. The molecule has 1 heterocycles. The number of benzene rings is 1. The van der Waals surface area contributed by atoms with Crippen molar-refractivity contribution >= 4 is 17.7 Å². The zero-order valence-corrected chi connectivity index (χ0v) is 13.9. The molecule has 118 valence electrons. The molecule has 0 bridgehead atoms. The van der Waals surface area contributed by atoms with E-state index in [0.717, 1.165) is 17.1 Å². The maximum absolute atomic E-state index is 11.5. The molecular weight excluding hydrogens is 302 g/mol. The van der Waals surface area contributed by atoms with E-state index < -0.39 is 0 Å². The van der Waals surface area contributed by atoms with Crippen molar-refractivity contribution in [3.05, 3.63) is 24.3 Å². The number of ether oxygens (including phenoxy) is 2. The third-order valence-corrected chi connectivity index (χ3v) is 4.26. The number of hydrogen-bond donors (Lipinski definition) is 0. The first-order valence-electron chi connectivity index (χ1n) is 6.92. The third kappa shape index (κ3) is 3.41. The van der Waals surface area contributed by atoms with Crippen molar-refractivity contribution in [2.24, 2.45) is 0 Å². The van der Waals surface area contributed by atoms with Crippen molar-refractivity contribution in [1.82, 2.24) is 14.8 Å². The van der Waals surface area contributed by atoms with Crippen LogP contribution in [0.3, 0.4) is 0 Å². The van der Waals surface area contributed by atoms with Crippen LogP contribution in [0.15, 0.2) is 29.4 Å². The van der Waals surface area contributed by atoms with Crippen LogP contribution in [0.2, 0.25) is 0 Å². The number of hydrogen-bond acceptors (Lipinski definition) is 6. The van der Waals surface area contributed by atoms with Gasteiger partial charge in [0.05, 0.1) is 14.2 Å². The van der Waals surface area contributed by atoms with Crippen LogP contribution in [0.1, 0.15) is 13.8 Å². The Bertz CT molecular complexity index is 640. The smallest absolute Gasteiger partial charge is 0.318 e. The van der Waals surface area contributed by atoms with Gasteiger partial charge in [0.25, 0.3) is 0 Å². The highest BCUT2D eigenvalue weighted by molar-refractivity contribution is 8.00. The lowest BCUT2D eigenvalue weighted by molar-refractivity contribution is -0.139. The average Bonchev–Trinajstić information content (AvgIpc) is 2.96. The fourth-order valence-corrected chi connectivity index (χ4v) is 2.93. The lowest BCUT2D eigenvalue weighted by Crippen LogP contribution is -2.15. The Balaban J connectivity index is 2.28. The van der Waals surface area contributed by atoms with E-state index in [2.05, 4.69) is 10.2 Å². The van der Waals surface area contributed by atoms with Crippen molar-refractivity contribution in [2.45, 2.75) is 30.8 Å². The first-order chi connectivity index (χ1) is 10.6. The van der Waals surface area contributed by atoms with Gasteiger partial charge < -0.3 is 14.0 Å². The Labute approximate surface area is 133 Å². The maximum atomic E-state index is 11.5. The number of thioether (sulfide) groups is 1. The van der Waals surface area contributed by atoms with E-state index >= 15 is 0 Å². The molecule has 0 aliphatic carbocycles. The lowest BCUT2D eigenvalue weighted by Gasteiger charge is -2.10. The van der Waals surface area contributed by atoms with Gasteiger partial charge in [-0.2, -0.15) is 0 Å². The minimum absolute atomic E-state index is 0.276. The summed E-state index contributed by atoms with van der Waals surface area (Å²) in [5.41, 5.74) is 0.952. The first-order valence-corrected chi connectivity index (χ1v) is 7.80. The van der Waals surface area contributed by atoms with Crippen molar-refractivity contribution in [3.8, 4) is 17.1 Å². The lowest BCUT2D eigenvalue weighted by atomic mass is 10.2. The van der Waals surface area contributed by atoms with Crippen LogP contribution < -0.4 is 4.74 Å². The van der Waals surface area contributed by atoms with E-state index in [1.807, 2.05) is 35.8 Å². The van der Waals surface area contributed by atoms with Gasteiger partial charge in [-0.15, -0.1) is 10.2 Å². The molecule has 0 fully saturated rings. The molecule has 0 saturated carbocycles. The molecule has 7 heteroatoms. The number of esters is 1. The fraction of sp³-hybridized carbons (Fsp3) is 0.400. The molecule has 1 aromatic heterocycles. The minimum atomic E-state index is -0.330. The Morgan fingerprint density at radius 3 is 2.50 bits per heavy atom. The zero-order valence-electron chi connectivity index (χ0n) is 13.1. The highest BCUT2D eigenvalue weighted by Gasteiger charge is 2.20. The summed E-state index contributed by atoms with van der Waals surface area (Å²) in [6, 6.07) is 7.64. The summed E-state index contributed by atoms with van der Waals surface area (Å²) in [4.78, 5) is 11.5. The van der Waals surface area contributed by atoms with E-state index in [0.29, 0.717) is 11.7 Å². The number of carbonyl (C=O) groups excluding carboxylic acids is 1. The maximum Gasteiger partial charge on any atom is 0.318 e. The van der Waals surface area contributed by atoms with E-state index in [1.54, 1.807) is 14.0 Å². The van der Waals surface area contributed by atoms with Gasteiger partial charge in [-0.1, -0.05) is 11.8 Å².